The van der Waals surface area contributed by atoms with Gasteiger partial charge in [-0.25, -0.2) is 9.78 Å². The minimum atomic E-state index is -0.701. The van der Waals surface area contributed by atoms with E-state index < -0.39 is 5.54 Å². The number of nitrogens with zero attached hydrogens (tertiary/aromatic N) is 2. The van der Waals surface area contributed by atoms with Crippen LogP contribution in [0.15, 0.2) is 48.5 Å². The van der Waals surface area contributed by atoms with Crippen LogP contribution in [0.3, 0.4) is 0 Å². The highest BCUT2D eigenvalue weighted by Gasteiger charge is 2.47. The molecule has 3 amide bonds. The monoisotopic (exact) mass is 422 g/mol. The van der Waals surface area contributed by atoms with Gasteiger partial charge in [-0.2, -0.15) is 0 Å². The molecule has 3 aromatic rings. The Kier molecular flexibility index (Phi) is 4.88. The quantitative estimate of drug-likeness (QED) is 0.617. The molecule has 154 valence electrons. The van der Waals surface area contributed by atoms with Crippen molar-refractivity contribution in [2.75, 3.05) is 19.6 Å². The Labute approximate surface area is 178 Å². The van der Waals surface area contributed by atoms with E-state index in [2.05, 4.69) is 32.7 Å². The number of amides is 3. The number of hydrogen-bond donors (Lipinski definition) is 2. The second-order valence-corrected chi connectivity index (χ2v) is 8.77. The lowest BCUT2D eigenvalue weighted by Gasteiger charge is -2.36. The van der Waals surface area contributed by atoms with Crippen molar-refractivity contribution in [1.29, 1.82) is 0 Å². The van der Waals surface area contributed by atoms with E-state index in [1.807, 2.05) is 36.4 Å². The van der Waals surface area contributed by atoms with Crippen LogP contribution < -0.4 is 15.4 Å². The zero-order valence-corrected chi connectivity index (χ0v) is 17.2. The van der Waals surface area contributed by atoms with Gasteiger partial charge in [0.05, 0.1) is 10.2 Å². The van der Waals surface area contributed by atoms with Gasteiger partial charge in [0.1, 0.15) is 11.3 Å². The van der Waals surface area contributed by atoms with Crippen molar-refractivity contribution in [2.24, 2.45) is 0 Å². The summed E-state index contributed by atoms with van der Waals surface area (Å²) >= 11 is 1.54. The molecule has 2 fully saturated rings. The van der Waals surface area contributed by atoms with Crippen LogP contribution in [0.2, 0.25) is 0 Å². The molecule has 2 aliphatic heterocycles. The maximum absolute atomic E-state index is 12.0. The molecule has 1 aromatic heterocycles. The smallest absolute Gasteiger partial charge is 0.322 e. The molecule has 2 saturated heterocycles. The molecule has 30 heavy (non-hydrogen) atoms. The van der Waals surface area contributed by atoms with Crippen LogP contribution >= 0.6 is 11.3 Å². The summed E-state index contributed by atoms with van der Waals surface area (Å²) < 4.78 is 7.02. The summed E-state index contributed by atoms with van der Waals surface area (Å²) in [6.45, 7) is 2.52. The van der Waals surface area contributed by atoms with E-state index in [1.165, 1.54) is 16.9 Å². The molecule has 3 heterocycles. The molecule has 0 atom stereocenters. The van der Waals surface area contributed by atoms with E-state index in [0.717, 1.165) is 42.0 Å². The molecule has 7 nitrogen and oxygen atoms in total. The minimum Gasteiger partial charge on any atom is -0.431 e. The molecule has 0 saturated carbocycles. The molecule has 5 rings (SSSR count). The van der Waals surface area contributed by atoms with Gasteiger partial charge in [0.2, 0.25) is 0 Å². The van der Waals surface area contributed by atoms with Crippen LogP contribution in [0.25, 0.3) is 10.2 Å². The van der Waals surface area contributed by atoms with Crippen LogP contribution in [0.4, 0.5) is 4.79 Å². The maximum Gasteiger partial charge on any atom is 0.322 e. The van der Waals surface area contributed by atoms with Gasteiger partial charge in [-0.3, -0.25) is 10.1 Å². The molecule has 0 radical (unpaired) electrons. The number of thiazole rings is 1. The summed E-state index contributed by atoms with van der Waals surface area (Å²) in [5.74, 6) is 0.594. The van der Waals surface area contributed by atoms with Crippen molar-refractivity contribution >= 4 is 33.5 Å². The average molecular weight is 423 g/mol. The number of benzene rings is 2. The summed E-state index contributed by atoms with van der Waals surface area (Å²) in [7, 11) is 0. The summed E-state index contributed by atoms with van der Waals surface area (Å²) in [4.78, 5) is 30.3. The van der Waals surface area contributed by atoms with Crippen LogP contribution in [-0.2, 0) is 11.2 Å². The van der Waals surface area contributed by atoms with Crippen molar-refractivity contribution in [3.8, 4) is 10.9 Å². The number of carbonyl (C=O) groups excluding carboxylic acids is 2. The number of nitrogens with one attached hydrogen (secondary N) is 2. The first-order valence-electron chi connectivity index (χ1n) is 10.1. The molecule has 2 N–H and O–H groups in total. The van der Waals surface area contributed by atoms with Crippen molar-refractivity contribution < 1.29 is 14.3 Å². The van der Waals surface area contributed by atoms with Gasteiger partial charge in [-0.15, -0.1) is 0 Å². The Morgan fingerprint density at radius 1 is 1.07 bits per heavy atom. The first-order chi connectivity index (χ1) is 14.6. The Bertz CT molecular complexity index is 1050. The molecule has 2 aliphatic rings. The molecule has 2 aromatic carbocycles. The molecular formula is C22H22N4O3S. The number of urea groups is 1. The number of carbonyl (C=O) groups is 2. The van der Waals surface area contributed by atoms with Gasteiger partial charge < -0.3 is 15.0 Å². The third-order valence-corrected chi connectivity index (χ3v) is 6.76. The fraction of sp³-hybridized carbons (Fsp3) is 0.318. The molecule has 0 unspecified atom stereocenters. The van der Waals surface area contributed by atoms with Crippen molar-refractivity contribution in [1.82, 2.24) is 20.5 Å². The summed E-state index contributed by atoms with van der Waals surface area (Å²) in [5.41, 5.74) is 1.48. The van der Waals surface area contributed by atoms with Gasteiger partial charge in [-0.05, 0) is 49.1 Å². The maximum atomic E-state index is 12.0. The first kappa shape index (κ1) is 19.0. The van der Waals surface area contributed by atoms with Gasteiger partial charge in [0.15, 0.2) is 0 Å². The lowest BCUT2D eigenvalue weighted by Crippen LogP contribution is -2.55. The zero-order chi connectivity index (χ0) is 20.6. The number of rotatable bonds is 5. The van der Waals surface area contributed by atoms with Gasteiger partial charge in [-0.1, -0.05) is 35.6 Å². The lowest BCUT2D eigenvalue weighted by atomic mass is 9.87. The highest BCUT2D eigenvalue weighted by Crippen LogP contribution is 2.31. The predicted molar refractivity (Wildman–Crippen MR) is 115 cm³/mol. The summed E-state index contributed by atoms with van der Waals surface area (Å²) in [6.07, 6.45) is 2.23. The number of imide groups is 1. The minimum absolute atomic E-state index is 0.184. The predicted octanol–water partition coefficient (Wildman–Crippen LogP) is 3.31. The topological polar surface area (TPSA) is 83.6 Å². The number of para-hydroxylation sites is 1. The van der Waals surface area contributed by atoms with E-state index in [4.69, 9.17) is 4.74 Å². The summed E-state index contributed by atoms with van der Waals surface area (Å²) in [6, 6.07) is 15.7. The molecular weight excluding hydrogens is 400 g/mol. The number of piperidine rings is 1. The van der Waals surface area contributed by atoms with Crippen molar-refractivity contribution in [3.63, 3.8) is 0 Å². The van der Waals surface area contributed by atoms with E-state index in [0.29, 0.717) is 18.0 Å². The van der Waals surface area contributed by atoms with Gasteiger partial charge in [0, 0.05) is 19.6 Å². The number of fused-ring (bicyclic) bond motifs is 1. The number of likely N-dealkylation sites (tertiary alicyclic amines) is 1. The standard InChI is InChI=1S/C22H22N4O3S/c27-19-22(25-20(28)24-19)10-13-26(14-11-22)12-9-15-5-7-16(8-6-15)29-21-23-17-3-1-2-4-18(17)30-21/h1-8H,9-14H2,(H2,24,25,27,28). The fourth-order valence-electron chi connectivity index (χ4n) is 4.05. The third kappa shape index (κ3) is 3.76. The average Bonchev–Trinajstić information content (AvgIpc) is 3.28. The Morgan fingerprint density at radius 2 is 1.83 bits per heavy atom. The van der Waals surface area contributed by atoms with E-state index >= 15 is 0 Å². The zero-order valence-electron chi connectivity index (χ0n) is 16.4. The molecule has 0 aliphatic carbocycles. The third-order valence-electron chi connectivity index (χ3n) is 5.84. The van der Waals surface area contributed by atoms with Crippen LogP contribution in [-0.4, -0.2) is 47.0 Å². The fourth-order valence-corrected chi connectivity index (χ4v) is 4.88. The van der Waals surface area contributed by atoms with Gasteiger partial charge >= 0.3 is 6.03 Å². The number of ether oxygens (including phenoxy) is 1. The largest absolute Gasteiger partial charge is 0.431 e. The Hall–Kier alpha value is -2.97. The van der Waals surface area contributed by atoms with Gasteiger partial charge in [0.25, 0.3) is 11.1 Å². The Morgan fingerprint density at radius 3 is 2.53 bits per heavy atom. The van der Waals surface area contributed by atoms with Crippen LogP contribution in [0.5, 0.6) is 10.9 Å². The number of hydrogen-bond acceptors (Lipinski definition) is 6. The van der Waals surface area contributed by atoms with Crippen LogP contribution in [0.1, 0.15) is 18.4 Å². The van der Waals surface area contributed by atoms with Crippen LogP contribution in [0, 0.1) is 0 Å². The van der Waals surface area contributed by atoms with E-state index in [-0.39, 0.29) is 11.9 Å². The van der Waals surface area contributed by atoms with E-state index in [1.54, 1.807) is 0 Å². The molecule has 1 spiro atoms. The first-order valence-corrected chi connectivity index (χ1v) is 10.9. The second-order valence-electron chi connectivity index (χ2n) is 7.78. The summed E-state index contributed by atoms with van der Waals surface area (Å²) in [5, 5.41) is 5.81. The highest BCUT2D eigenvalue weighted by molar-refractivity contribution is 7.20. The molecule has 0 bridgehead atoms. The highest BCUT2D eigenvalue weighted by atomic mass is 32.1. The second kappa shape index (κ2) is 7.70. The number of aromatic nitrogens is 1. The molecule has 8 heteroatoms. The lowest BCUT2D eigenvalue weighted by molar-refractivity contribution is -0.125. The van der Waals surface area contributed by atoms with Crippen molar-refractivity contribution in [2.45, 2.75) is 24.8 Å². The normalized spacial score (nSPS) is 18.5. The van der Waals surface area contributed by atoms with E-state index in [9.17, 15) is 9.59 Å². The SMILES string of the molecule is O=C1NC(=O)C2(CCN(CCc3ccc(Oc4nc5ccccc5s4)cc3)CC2)N1. The van der Waals surface area contributed by atoms with Crippen molar-refractivity contribution in [3.05, 3.63) is 54.1 Å². The Balaban J connectivity index is 1.13.